The molecule has 3 aromatic carbocycles. The van der Waals surface area contributed by atoms with Crippen LogP contribution >= 0.6 is 0 Å². The van der Waals surface area contributed by atoms with E-state index in [1.807, 2.05) is 30.1 Å². The molecule has 28 heavy (non-hydrogen) atoms. The van der Waals surface area contributed by atoms with Crippen molar-refractivity contribution >= 4 is 28.4 Å². The number of benzene rings is 3. The summed E-state index contributed by atoms with van der Waals surface area (Å²) in [7, 11) is 0. The van der Waals surface area contributed by atoms with Crippen LogP contribution in [0.4, 0.5) is 5.95 Å². The number of fused-ring (bicyclic) bond motifs is 3. The number of nitrogens with zero attached hydrogens (tertiary/aromatic N) is 4. The lowest BCUT2D eigenvalue weighted by Gasteiger charge is -2.19. The highest BCUT2D eigenvalue weighted by molar-refractivity contribution is 6.02. The molecule has 1 aliphatic rings. The Hall–Kier alpha value is -3.66. The van der Waals surface area contributed by atoms with Crippen molar-refractivity contribution in [2.24, 2.45) is 5.10 Å². The Labute approximate surface area is 164 Å². The number of hydrazone groups is 1. The molecule has 0 aliphatic carbocycles. The molecule has 0 N–H and O–H groups in total. The van der Waals surface area contributed by atoms with Crippen molar-refractivity contribution < 1.29 is 0 Å². The number of allylic oxidation sites excluding steroid dienone is 1. The van der Waals surface area contributed by atoms with Crippen LogP contribution < -0.4 is 5.01 Å². The molecular weight excluding hydrogens is 344 g/mol. The molecule has 136 valence electrons. The van der Waals surface area contributed by atoms with Crippen LogP contribution in [-0.4, -0.2) is 15.3 Å². The fraction of sp³-hybridized carbons (Fsp3) is 0.0833. The van der Waals surface area contributed by atoms with Gasteiger partial charge in [-0.2, -0.15) is 5.10 Å². The van der Waals surface area contributed by atoms with Crippen LogP contribution in [0.15, 0.2) is 96.1 Å². The first-order chi connectivity index (χ1) is 13.8. The fourth-order valence-electron chi connectivity index (χ4n) is 3.63. The van der Waals surface area contributed by atoms with Crippen molar-refractivity contribution in [1.29, 1.82) is 0 Å². The van der Waals surface area contributed by atoms with E-state index in [1.54, 1.807) is 0 Å². The van der Waals surface area contributed by atoms with Gasteiger partial charge in [0.25, 0.3) is 0 Å². The molecule has 2 heterocycles. The van der Waals surface area contributed by atoms with E-state index < -0.39 is 0 Å². The monoisotopic (exact) mass is 364 g/mol. The van der Waals surface area contributed by atoms with Gasteiger partial charge in [0.1, 0.15) is 0 Å². The molecule has 4 nitrogen and oxygen atoms in total. The van der Waals surface area contributed by atoms with Crippen LogP contribution in [0.2, 0.25) is 0 Å². The molecule has 0 saturated carbocycles. The largest absolute Gasteiger partial charge is 0.277 e. The highest BCUT2D eigenvalue weighted by Crippen LogP contribution is 2.33. The summed E-state index contributed by atoms with van der Waals surface area (Å²) in [5.41, 5.74) is 6.41. The van der Waals surface area contributed by atoms with Gasteiger partial charge in [-0.15, -0.1) is 0 Å². The van der Waals surface area contributed by atoms with Crippen LogP contribution in [0.25, 0.3) is 16.7 Å². The topological polar surface area (TPSA) is 33.4 Å². The number of hydrogen-bond donors (Lipinski definition) is 0. The zero-order valence-corrected chi connectivity index (χ0v) is 15.7. The minimum absolute atomic E-state index is 0.664. The average molecular weight is 364 g/mol. The lowest BCUT2D eigenvalue weighted by atomic mass is 10.1. The van der Waals surface area contributed by atoms with E-state index in [4.69, 9.17) is 10.1 Å². The first kappa shape index (κ1) is 16.5. The average Bonchev–Trinajstić information content (AvgIpc) is 3.06. The van der Waals surface area contributed by atoms with Gasteiger partial charge in [0, 0.05) is 0 Å². The van der Waals surface area contributed by atoms with Gasteiger partial charge in [-0.1, -0.05) is 72.8 Å². The summed E-state index contributed by atoms with van der Waals surface area (Å²) in [6.45, 7) is 2.70. The number of imidazole rings is 1. The van der Waals surface area contributed by atoms with Gasteiger partial charge in [-0.25, -0.2) is 9.99 Å². The Morgan fingerprint density at radius 2 is 1.46 bits per heavy atom. The van der Waals surface area contributed by atoms with Gasteiger partial charge in [-0.05, 0) is 36.3 Å². The van der Waals surface area contributed by atoms with E-state index in [9.17, 15) is 0 Å². The summed E-state index contributed by atoms with van der Waals surface area (Å²) in [4.78, 5) is 4.94. The van der Waals surface area contributed by atoms with Crippen LogP contribution in [0.5, 0.6) is 0 Å². The first-order valence-corrected chi connectivity index (χ1v) is 9.41. The molecule has 0 bridgehead atoms. The molecule has 4 aromatic rings. The predicted molar refractivity (Wildman–Crippen MR) is 115 cm³/mol. The Morgan fingerprint density at radius 1 is 0.786 bits per heavy atom. The summed E-state index contributed by atoms with van der Waals surface area (Å²) in [5.74, 6) is 0.831. The van der Waals surface area contributed by atoms with Gasteiger partial charge in [0.15, 0.2) is 0 Å². The summed E-state index contributed by atoms with van der Waals surface area (Å²) in [5, 5.41) is 6.87. The Bertz CT molecular complexity index is 1190. The molecule has 5 rings (SSSR count). The molecule has 0 amide bonds. The summed E-state index contributed by atoms with van der Waals surface area (Å²) >= 11 is 0. The lowest BCUT2D eigenvalue weighted by molar-refractivity contribution is 0.808. The predicted octanol–water partition coefficient (Wildman–Crippen LogP) is 5.32. The Kier molecular flexibility index (Phi) is 4.02. The molecule has 1 aromatic heterocycles. The smallest absolute Gasteiger partial charge is 0.232 e. The number of aromatic nitrogens is 2. The summed E-state index contributed by atoms with van der Waals surface area (Å²) < 4.78 is 2.22. The van der Waals surface area contributed by atoms with Gasteiger partial charge >= 0.3 is 0 Å². The zero-order chi connectivity index (χ0) is 18.9. The fourth-order valence-corrected chi connectivity index (χ4v) is 3.63. The first-order valence-electron chi connectivity index (χ1n) is 9.41. The van der Waals surface area contributed by atoms with Crippen LogP contribution in [0.1, 0.15) is 18.1 Å². The van der Waals surface area contributed by atoms with E-state index in [2.05, 4.69) is 77.4 Å². The van der Waals surface area contributed by atoms with E-state index in [-0.39, 0.29) is 0 Å². The van der Waals surface area contributed by atoms with Crippen LogP contribution in [0, 0.1) is 0 Å². The van der Waals surface area contributed by atoms with E-state index in [1.165, 1.54) is 5.56 Å². The highest BCUT2D eigenvalue weighted by Gasteiger charge is 2.23. The number of hydrogen-bond acceptors (Lipinski definition) is 3. The maximum Gasteiger partial charge on any atom is 0.232 e. The van der Waals surface area contributed by atoms with Crippen molar-refractivity contribution in [1.82, 2.24) is 9.55 Å². The number of rotatable bonds is 3. The lowest BCUT2D eigenvalue weighted by Crippen LogP contribution is -2.19. The standard InChI is InChI=1S/C24H20N4/c1-18-16-23(20-12-6-3-7-13-20)28-22-15-9-8-14-21(22)25-24(28)27(26-18)17-19-10-4-2-5-11-19/h2-16H,17H2,1H3. The van der Waals surface area contributed by atoms with Crippen LogP contribution in [-0.2, 0) is 6.54 Å². The molecule has 0 atom stereocenters. The van der Waals surface area contributed by atoms with Crippen molar-refractivity contribution in [2.45, 2.75) is 13.5 Å². The highest BCUT2D eigenvalue weighted by atomic mass is 15.5. The van der Waals surface area contributed by atoms with Crippen LogP contribution in [0.3, 0.4) is 0 Å². The molecule has 0 saturated heterocycles. The third-order valence-corrected chi connectivity index (χ3v) is 4.88. The van der Waals surface area contributed by atoms with Gasteiger partial charge in [0.05, 0.1) is 29.0 Å². The summed E-state index contributed by atoms with van der Waals surface area (Å²) in [6.07, 6.45) is 2.14. The van der Waals surface area contributed by atoms with Crippen molar-refractivity contribution in [3.05, 3.63) is 102 Å². The van der Waals surface area contributed by atoms with Crippen molar-refractivity contribution in [2.75, 3.05) is 5.01 Å². The maximum atomic E-state index is 4.94. The van der Waals surface area contributed by atoms with Gasteiger partial charge in [0.2, 0.25) is 5.95 Å². The quantitative estimate of drug-likeness (QED) is 0.493. The Morgan fingerprint density at radius 3 is 2.25 bits per heavy atom. The van der Waals surface area contributed by atoms with Gasteiger partial charge in [-0.3, -0.25) is 4.57 Å². The normalized spacial score (nSPS) is 13.7. The van der Waals surface area contributed by atoms with Gasteiger partial charge < -0.3 is 0 Å². The number of para-hydroxylation sites is 2. The molecule has 0 radical (unpaired) electrons. The third kappa shape index (κ3) is 2.89. The molecule has 1 aliphatic heterocycles. The van der Waals surface area contributed by atoms with Crippen molar-refractivity contribution in [3.63, 3.8) is 0 Å². The SMILES string of the molecule is CC1=NN(Cc2ccccc2)c2nc3ccccc3n2C(c2ccccc2)=C1. The van der Waals surface area contributed by atoms with E-state index in [0.717, 1.165) is 34.0 Å². The molecule has 0 fully saturated rings. The van der Waals surface area contributed by atoms with E-state index >= 15 is 0 Å². The number of anilines is 1. The maximum absolute atomic E-state index is 4.94. The minimum Gasteiger partial charge on any atom is -0.277 e. The molecule has 4 heteroatoms. The second kappa shape index (κ2) is 6.82. The van der Waals surface area contributed by atoms with E-state index in [0.29, 0.717) is 6.54 Å². The second-order valence-electron chi connectivity index (χ2n) is 6.92. The molecule has 0 spiro atoms. The van der Waals surface area contributed by atoms with Crippen molar-refractivity contribution in [3.8, 4) is 0 Å². The zero-order valence-electron chi connectivity index (χ0n) is 15.7. The minimum atomic E-state index is 0.664. The molecule has 0 unspecified atom stereocenters. The second-order valence-corrected chi connectivity index (χ2v) is 6.92. The third-order valence-electron chi connectivity index (χ3n) is 4.88. The Balaban J connectivity index is 1.73. The molecular formula is C24H20N4. The summed E-state index contributed by atoms with van der Waals surface area (Å²) in [6, 6.07) is 29.1.